The first-order valence-corrected chi connectivity index (χ1v) is 6.37. The lowest BCUT2D eigenvalue weighted by atomic mass is 10.1. The lowest BCUT2D eigenvalue weighted by Gasteiger charge is -2.43. The summed E-state index contributed by atoms with van der Waals surface area (Å²) in [6.45, 7) is 5.29. The van der Waals surface area contributed by atoms with E-state index < -0.39 is 17.3 Å². The van der Waals surface area contributed by atoms with Crippen LogP contribution in [0.15, 0.2) is 18.3 Å². The molecule has 0 bridgehead atoms. The lowest BCUT2D eigenvalue weighted by molar-refractivity contribution is -0.137. The van der Waals surface area contributed by atoms with Gasteiger partial charge in [0.15, 0.2) is 0 Å². The molecule has 7 heteroatoms. The molecule has 112 valence electrons. The fourth-order valence-corrected chi connectivity index (χ4v) is 2.33. The number of aromatic nitrogens is 1. The third-order valence-electron chi connectivity index (χ3n) is 3.14. The summed E-state index contributed by atoms with van der Waals surface area (Å²) in [7, 11) is 0. The third-order valence-corrected chi connectivity index (χ3v) is 3.14. The van der Waals surface area contributed by atoms with E-state index in [4.69, 9.17) is 10.5 Å². The van der Waals surface area contributed by atoms with Crippen LogP contribution in [0.2, 0.25) is 0 Å². The maximum atomic E-state index is 12.5. The molecule has 0 radical (unpaired) electrons. The Kier molecular flexibility index (Phi) is 3.93. The molecule has 1 aromatic rings. The van der Waals surface area contributed by atoms with E-state index in [-0.39, 0.29) is 6.10 Å². The normalized spacial score (nSPS) is 22.9. The summed E-state index contributed by atoms with van der Waals surface area (Å²) in [6, 6.07) is 2.43. The Morgan fingerprint density at radius 1 is 1.45 bits per heavy atom. The molecule has 2 N–H and O–H groups in total. The van der Waals surface area contributed by atoms with E-state index in [1.165, 1.54) is 6.07 Å². The molecule has 0 aromatic carbocycles. The smallest absolute Gasteiger partial charge is 0.367 e. The van der Waals surface area contributed by atoms with Gasteiger partial charge in [0.25, 0.3) is 0 Å². The predicted octanol–water partition coefficient (Wildman–Crippen LogP) is 2.04. The van der Waals surface area contributed by atoms with Crippen molar-refractivity contribution in [2.75, 3.05) is 24.5 Å². The topological polar surface area (TPSA) is 51.4 Å². The molecule has 1 aromatic heterocycles. The van der Waals surface area contributed by atoms with Gasteiger partial charge in [0.05, 0.1) is 17.3 Å². The second kappa shape index (κ2) is 5.21. The van der Waals surface area contributed by atoms with Crippen molar-refractivity contribution < 1.29 is 17.9 Å². The summed E-state index contributed by atoms with van der Waals surface area (Å²) in [4.78, 5) is 5.82. The number of hydrogen-bond acceptors (Lipinski definition) is 4. The first kappa shape index (κ1) is 15.1. The summed E-state index contributed by atoms with van der Waals surface area (Å²) in [5.41, 5.74) is 4.47. The molecule has 1 saturated heterocycles. The molecule has 2 heterocycles. The Balaban J connectivity index is 2.18. The van der Waals surface area contributed by atoms with Crippen LogP contribution in [-0.4, -0.2) is 36.3 Å². The van der Waals surface area contributed by atoms with Crippen LogP contribution < -0.4 is 10.6 Å². The number of alkyl halides is 3. The minimum Gasteiger partial charge on any atom is -0.367 e. The van der Waals surface area contributed by atoms with Gasteiger partial charge in [-0.05, 0) is 26.0 Å². The van der Waals surface area contributed by atoms with Crippen molar-refractivity contribution in [3.63, 3.8) is 0 Å². The van der Waals surface area contributed by atoms with E-state index >= 15 is 0 Å². The number of nitrogens with two attached hydrogens (primary N) is 1. The summed E-state index contributed by atoms with van der Waals surface area (Å²) in [6.07, 6.45) is -3.66. The number of ether oxygens (including phenoxy) is 1. The van der Waals surface area contributed by atoms with Gasteiger partial charge in [-0.15, -0.1) is 0 Å². The van der Waals surface area contributed by atoms with Gasteiger partial charge in [-0.25, -0.2) is 4.98 Å². The van der Waals surface area contributed by atoms with Crippen molar-refractivity contribution in [1.82, 2.24) is 4.98 Å². The number of anilines is 1. The minimum atomic E-state index is -4.37. The Bertz CT molecular complexity index is 459. The van der Waals surface area contributed by atoms with Crippen LogP contribution in [0.4, 0.5) is 19.0 Å². The summed E-state index contributed by atoms with van der Waals surface area (Å²) in [5.74, 6) is 0.507. The lowest BCUT2D eigenvalue weighted by Crippen LogP contribution is -2.55. The number of halogens is 3. The summed E-state index contributed by atoms with van der Waals surface area (Å²) < 4.78 is 43.3. The molecule has 0 amide bonds. The molecule has 1 aliphatic rings. The maximum Gasteiger partial charge on any atom is 0.417 e. The number of rotatable bonds is 2. The molecular formula is C13H18F3N3O. The standard InChI is InChI=1S/C13H18F3N3O/c1-12(2)8-19(7-10(5-17)20-12)11-4-3-9(6-18-11)13(14,15)16/h3-4,6,10H,5,7-8,17H2,1-2H3. The van der Waals surface area contributed by atoms with Gasteiger partial charge in [0.1, 0.15) is 5.82 Å². The second-order valence-corrected chi connectivity index (χ2v) is 5.52. The molecule has 0 aliphatic carbocycles. The quantitative estimate of drug-likeness (QED) is 0.905. The highest BCUT2D eigenvalue weighted by Crippen LogP contribution is 2.30. The van der Waals surface area contributed by atoms with Gasteiger partial charge in [-0.2, -0.15) is 13.2 Å². The van der Waals surface area contributed by atoms with E-state index in [0.717, 1.165) is 12.3 Å². The van der Waals surface area contributed by atoms with E-state index in [0.29, 0.717) is 25.5 Å². The Hall–Kier alpha value is -1.34. The van der Waals surface area contributed by atoms with Crippen molar-refractivity contribution in [3.05, 3.63) is 23.9 Å². The monoisotopic (exact) mass is 289 g/mol. The average molecular weight is 289 g/mol. The zero-order valence-corrected chi connectivity index (χ0v) is 11.4. The molecule has 0 saturated carbocycles. The van der Waals surface area contributed by atoms with Gasteiger partial charge < -0.3 is 15.4 Å². The fourth-order valence-electron chi connectivity index (χ4n) is 2.33. The number of hydrogen-bond donors (Lipinski definition) is 1. The summed E-state index contributed by atoms with van der Waals surface area (Å²) in [5, 5.41) is 0. The SMILES string of the molecule is CC1(C)CN(c2ccc(C(F)(F)F)cn2)CC(CN)O1. The van der Waals surface area contributed by atoms with E-state index in [1.807, 2.05) is 18.7 Å². The first-order chi connectivity index (χ1) is 9.21. The maximum absolute atomic E-state index is 12.5. The third kappa shape index (κ3) is 3.40. The predicted molar refractivity (Wildman–Crippen MR) is 69.5 cm³/mol. The zero-order chi connectivity index (χ0) is 15.0. The molecule has 20 heavy (non-hydrogen) atoms. The van der Waals surface area contributed by atoms with Crippen molar-refractivity contribution >= 4 is 5.82 Å². The van der Waals surface area contributed by atoms with Crippen LogP contribution in [-0.2, 0) is 10.9 Å². The molecule has 1 aliphatic heterocycles. The Morgan fingerprint density at radius 2 is 2.15 bits per heavy atom. The molecule has 1 fully saturated rings. The van der Waals surface area contributed by atoms with Crippen molar-refractivity contribution in [3.8, 4) is 0 Å². The van der Waals surface area contributed by atoms with Gasteiger partial charge in [-0.1, -0.05) is 0 Å². The van der Waals surface area contributed by atoms with Crippen LogP contribution in [0.1, 0.15) is 19.4 Å². The Morgan fingerprint density at radius 3 is 2.65 bits per heavy atom. The largest absolute Gasteiger partial charge is 0.417 e. The Labute approximate surface area is 115 Å². The number of pyridine rings is 1. The molecular weight excluding hydrogens is 271 g/mol. The van der Waals surface area contributed by atoms with Crippen molar-refractivity contribution in [1.29, 1.82) is 0 Å². The van der Waals surface area contributed by atoms with E-state index in [1.54, 1.807) is 0 Å². The molecule has 0 spiro atoms. The van der Waals surface area contributed by atoms with Crippen LogP contribution in [0.5, 0.6) is 0 Å². The van der Waals surface area contributed by atoms with E-state index in [9.17, 15) is 13.2 Å². The van der Waals surface area contributed by atoms with Crippen molar-refractivity contribution in [2.24, 2.45) is 5.73 Å². The molecule has 4 nitrogen and oxygen atoms in total. The van der Waals surface area contributed by atoms with Crippen molar-refractivity contribution in [2.45, 2.75) is 31.7 Å². The fraction of sp³-hybridized carbons (Fsp3) is 0.615. The van der Waals surface area contributed by atoms with Crippen LogP contribution in [0.3, 0.4) is 0 Å². The highest BCUT2D eigenvalue weighted by atomic mass is 19.4. The van der Waals surface area contributed by atoms with Crippen LogP contribution >= 0.6 is 0 Å². The minimum absolute atomic E-state index is 0.150. The van der Waals surface area contributed by atoms with Crippen LogP contribution in [0.25, 0.3) is 0 Å². The average Bonchev–Trinajstić information content (AvgIpc) is 2.36. The molecule has 1 unspecified atom stereocenters. The summed E-state index contributed by atoms with van der Waals surface area (Å²) >= 11 is 0. The van der Waals surface area contributed by atoms with Crippen LogP contribution in [0, 0.1) is 0 Å². The van der Waals surface area contributed by atoms with E-state index in [2.05, 4.69) is 4.98 Å². The molecule has 2 rings (SSSR count). The molecule has 1 atom stereocenters. The highest BCUT2D eigenvalue weighted by Gasteiger charge is 2.34. The number of nitrogens with zero attached hydrogens (tertiary/aromatic N) is 2. The number of morpholine rings is 1. The first-order valence-electron chi connectivity index (χ1n) is 6.37. The van der Waals surface area contributed by atoms with Gasteiger partial charge in [-0.3, -0.25) is 0 Å². The van der Waals surface area contributed by atoms with Gasteiger partial charge >= 0.3 is 6.18 Å². The second-order valence-electron chi connectivity index (χ2n) is 5.52. The van der Waals surface area contributed by atoms with Gasteiger partial charge in [0, 0.05) is 25.8 Å². The van der Waals surface area contributed by atoms with Gasteiger partial charge in [0.2, 0.25) is 0 Å². The highest BCUT2D eigenvalue weighted by molar-refractivity contribution is 5.41. The zero-order valence-electron chi connectivity index (χ0n) is 11.4.